The molecule has 5 nitrogen and oxygen atoms in total. The lowest BCUT2D eigenvalue weighted by Gasteiger charge is -2.26. The van der Waals surface area contributed by atoms with E-state index in [1.165, 1.54) is 12.0 Å². The highest BCUT2D eigenvalue weighted by atomic mass is 16.5. The molecule has 5 heteroatoms. The third-order valence-electron chi connectivity index (χ3n) is 3.41. The highest BCUT2D eigenvalue weighted by Gasteiger charge is 2.10. The van der Waals surface area contributed by atoms with Crippen LogP contribution in [0.2, 0.25) is 0 Å². The highest BCUT2D eigenvalue weighted by molar-refractivity contribution is 5.44. The number of hydrogen-bond acceptors (Lipinski definition) is 5. The van der Waals surface area contributed by atoms with Crippen LogP contribution in [-0.2, 0) is 17.8 Å². The molecule has 1 aliphatic rings. The first-order valence-electron chi connectivity index (χ1n) is 6.90. The average Bonchev–Trinajstić information content (AvgIpc) is 3.01. The fraction of sp³-hybridized carbons (Fsp3) is 0.400. The summed E-state index contributed by atoms with van der Waals surface area (Å²) in [5.41, 5.74) is 2.42. The topological polar surface area (TPSA) is 50.5 Å². The quantitative estimate of drug-likeness (QED) is 0.904. The standard InChI is InChI=1S/C15H19N3O2/c1-3-14(17-10-15-9-16-12-20-15)4-2-13(1)11-18-5-7-19-8-6-18/h1-4,9,12,17H,5-8,10-11H2. The second-order valence-electron chi connectivity index (χ2n) is 4.91. The molecule has 1 aliphatic heterocycles. The van der Waals surface area contributed by atoms with Crippen molar-refractivity contribution in [3.8, 4) is 0 Å². The molecule has 0 atom stereocenters. The molecule has 1 aromatic carbocycles. The molecular weight excluding hydrogens is 254 g/mol. The number of ether oxygens (including phenoxy) is 1. The number of morpholine rings is 1. The van der Waals surface area contributed by atoms with E-state index >= 15 is 0 Å². The lowest BCUT2D eigenvalue weighted by atomic mass is 10.2. The first kappa shape index (κ1) is 13.1. The van der Waals surface area contributed by atoms with Crippen molar-refractivity contribution >= 4 is 5.69 Å². The molecule has 1 aromatic heterocycles. The normalized spacial score (nSPS) is 16.2. The Morgan fingerprint density at radius 2 is 1.95 bits per heavy atom. The molecule has 0 aliphatic carbocycles. The summed E-state index contributed by atoms with van der Waals surface area (Å²) in [4.78, 5) is 6.31. The van der Waals surface area contributed by atoms with Crippen LogP contribution in [0.4, 0.5) is 5.69 Å². The van der Waals surface area contributed by atoms with Gasteiger partial charge < -0.3 is 14.5 Å². The smallest absolute Gasteiger partial charge is 0.180 e. The van der Waals surface area contributed by atoms with Crippen molar-refractivity contribution in [2.75, 3.05) is 31.6 Å². The summed E-state index contributed by atoms with van der Waals surface area (Å²) in [6.45, 7) is 5.37. The molecule has 0 saturated carbocycles. The Labute approximate surface area is 118 Å². The van der Waals surface area contributed by atoms with Crippen molar-refractivity contribution in [2.45, 2.75) is 13.1 Å². The fourth-order valence-electron chi connectivity index (χ4n) is 2.26. The van der Waals surface area contributed by atoms with E-state index in [1.807, 2.05) is 0 Å². The van der Waals surface area contributed by atoms with Crippen LogP contribution >= 0.6 is 0 Å². The Bertz CT molecular complexity index is 504. The Hall–Kier alpha value is -1.85. The van der Waals surface area contributed by atoms with Gasteiger partial charge in [0.2, 0.25) is 0 Å². The molecule has 1 N–H and O–H groups in total. The van der Waals surface area contributed by atoms with E-state index in [-0.39, 0.29) is 0 Å². The van der Waals surface area contributed by atoms with Gasteiger partial charge in [0, 0.05) is 25.3 Å². The van der Waals surface area contributed by atoms with Gasteiger partial charge in [-0.2, -0.15) is 0 Å². The van der Waals surface area contributed by atoms with Crippen molar-refractivity contribution < 1.29 is 9.15 Å². The van der Waals surface area contributed by atoms with Gasteiger partial charge in [0.15, 0.2) is 6.39 Å². The molecule has 0 bridgehead atoms. The summed E-state index contributed by atoms with van der Waals surface area (Å²) in [5.74, 6) is 0.836. The summed E-state index contributed by atoms with van der Waals surface area (Å²) >= 11 is 0. The van der Waals surface area contributed by atoms with E-state index in [4.69, 9.17) is 9.15 Å². The molecule has 0 amide bonds. The Kier molecular flexibility index (Phi) is 4.30. The van der Waals surface area contributed by atoms with Crippen molar-refractivity contribution in [2.24, 2.45) is 0 Å². The summed E-state index contributed by atoms with van der Waals surface area (Å²) < 4.78 is 10.5. The van der Waals surface area contributed by atoms with E-state index in [2.05, 4.69) is 39.5 Å². The van der Waals surface area contributed by atoms with E-state index in [0.29, 0.717) is 6.54 Å². The molecule has 0 spiro atoms. The summed E-state index contributed by atoms with van der Waals surface area (Å²) in [6.07, 6.45) is 3.17. The number of aromatic nitrogens is 1. The van der Waals surface area contributed by atoms with Crippen LogP contribution in [0.1, 0.15) is 11.3 Å². The second-order valence-corrected chi connectivity index (χ2v) is 4.91. The lowest BCUT2D eigenvalue weighted by molar-refractivity contribution is 0.0342. The van der Waals surface area contributed by atoms with Crippen molar-refractivity contribution in [1.82, 2.24) is 9.88 Å². The van der Waals surface area contributed by atoms with Gasteiger partial charge in [-0.05, 0) is 17.7 Å². The molecule has 0 unspecified atom stereocenters. The molecule has 106 valence electrons. The minimum atomic E-state index is 0.656. The van der Waals surface area contributed by atoms with Crippen molar-refractivity contribution in [1.29, 1.82) is 0 Å². The van der Waals surface area contributed by atoms with E-state index in [1.54, 1.807) is 6.20 Å². The molecule has 1 saturated heterocycles. The predicted octanol–water partition coefficient (Wildman–Crippen LogP) is 2.12. The van der Waals surface area contributed by atoms with Crippen LogP contribution in [0.25, 0.3) is 0 Å². The molecule has 20 heavy (non-hydrogen) atoms. The Morgan fingerprint density at radius 1 is 1.15 bits per heavy atom. The lowest BCUT2D eigenvalue weighted by Crippen LogP contribution is -2.35. The zero-order valence-corrected chi connectivity index (χ0v) is 11.4. The third kappa shape index (κ3) is 3.59. The van der Waals surface area contributed by atoms with Crippen molar-refractivity contribution in [3.63, 3.8) is 0 Å². The van der Waals surface area contributed by atoms with Crippen LogP contribution in [-0.4, -0.2) is 36.2 Å². The molecule has 2 heterocycles. The van der Waals surface area contributed by atoms with Crippen LogP contribution in [0.15, 0.2) is 41.3 Å². The number of oxazole rings is 1. The van der Waals surface area contributed by atoms with Gasteiger partial charge in [0.1, 0.15) is 5.76 Å². The van der Waals surface area contributed by atoms with E-state index < -0.39 is 0 Å². The number of benzene rings is 1. The SMILES string of the molecule is c1ncc(CNc2ccc(CN3CCOCC3)cc2)o1. The minimum absolute atomic E-state index is 0.656. The molecule has 3 rings (SSSR count). The van der Waals surface area contributed by atoms with Gasteiger partial charge >= 0.3 is 0 Å². The van der Waals surface area contributed by atoms with Crippen LogP contribution in [0, 0.1) is 0 Å². The maximum absolute atomic E-state index is 5.36. The number of nitrogens with zero attached hydrogens (tertiary/aromatic N) is 2. The first-order valence-corrected chi connectivity index (χ1v) is 6.90. The number of rotatable bonds is 5. The van der Waals surface area contributed by atoms with Gasteiger partial charge in [0.05, 0.1) is 26.0 Å². The molecule has 1 fully saturated rings. The predicted molar refractivity (Wildman–Crippen MR) is 76.4 cm³/mol. The zero-order valence-electron chi connectivity index (χ0n) is 11.4. The minimum Gasteiger partial charge on any atom is -0.447 e. The molecular formula is C15H19N3O2. The third-order valence-corrected chi connectivity index (χ3v) is 3.41. The van der Waals surface area contributed by atoms with Crippen LogP contribution < -0.4 is 5.32 Å². The first-order chi connectivity index (χ1) is 9.90. The average molecular weight is 273 g/mol. The number of anilines is 1. The van der Waals surface area contributed by atoms with Gasteiger partial charge in [-0.1, -0.05) is 12.1 Å². The monoisotopic (exact) mass is 273 g/mol. The zero-order chi connectivity index (χ0) is 13.6. The Morgan fingerprint density at radius 3 is 2.65 bits per heavy atom. The largest absolute Gasteiger partial charge is 0.447 e. The summed E-state index contributed by atoms with van der Waals surface area (Å²) in [6, 6.07) is 8.54. The summed E-state index contributed by atoms with van der Waals surface area (Å²) in [7, 11) is 0. The van der Waals surface area contributed by atoms with Crippen molar-refractivity contribution in [3.05, 3.63) is 48.2 Å². The summed E-state index contributed by atoms with van der Waals surface area (Å²) in [5, 5.41) is 3.31. The number of hydrogen-bond donors (Lipinski definition) is 1. The maximum Gasteiger partial charge on any atom is 0.180 e. The van der Waals surface area contributed by atoms with Gasteiger partial charge in [0.25, 0.3) is 0 Å². The van der Waals surface area contributed by atoms with Gasteiger partial charge in [-0.15, -0.1) is 0 Å². The fourth-order valence-corrected chi connectivity index (χ4v) is 2.26. The van der Waals surface area contributed by atoms with Crippen LogP contribution in [0.5, 0.6) is 0 Å². The second kappa shape index (κ2) is 6.54. The van der Waals surface area contributed by atoms with Gasteiger partial charge in [-0.3, -0.25) is 4.90 Å². The van der Waals surface area contributed by atoms with Gasteiger partial charge in [-0.25, -0.2) is 4.98 Å². The number of nitrogens with one attached hydrogen (secondary N) is 1. The highest BCUT2D eigenvalue weighted by Crippen LogP contribution is 2.13. The van der Waals surface area contributed by atoms with E-state index in [0.717, 1.165) is 44.3 Å². The Balaban J connectivity index is 1.51. The molecule has 0 radical (unpaired) electrons. The maximum atomic E-state index is 5.36. The van der Waals surface area contributed by atoms with E-state index in [9.17, 15) is 0 Å². The van der Waals surface area contributed by atoms with Crippen LogP contribution in [0.3, 0.4) is 0 Å². The molecule has 2 aromatic rings.